The molecule has 1 fully saturated rings. The molecule has 0 unspecified atom stereocenters. The number of carbonyl (C=O) groups is 1. The maximum Gasteiger partial charge on any atom is 0.261 e. The first-order chi connectivity index (χ1) is 15.5. The van der Waals surface area contributed by atoms with E-state index in [1.165, 1.54) is 16.5 Å². The monoisotopic (exact) mass is 435 g/mol. The first-order valence-corrected chi connectivity index (χ1v) is 11.0. The molecule has 0 radical (unpaired) electrons. The molecule has 1 saturated heterocycles. The minimum atomic E-state index is -0.168. The van der Waals surface area contributed by atoms with Gasteiger partial charge in [-0.25, -0.2) is 4.98 Å². The molecule has 1 amide bonds. The van der Waals surface area contributed by atoms with E-state index in [2.05, 4.69) is 22.4 Å². The molecule has 2 heterocycles. The molecule has 1 N–H and O–H groups in total. The van der Waals surface area contributed by atoms with Crippen molar-refractivity contribution in [3.05, 3.63) is 70.3 Å². The number of ether oxygens (including phenoxy) is 2. The fourth-order valence-corrected chi connectivity index (χ4v) is 4.35. The Morgan fingerprint density at radius 3 is 2.66 bits per heavy atom. The Bertz CT molecular complexity index is 1150. The summed E-state index contributed by atoms with van der Waals surface area (Å²) in [7, 11) is 1.65. The number of hydrogen-bond donors (Lipinski definition) is 1. The molecule has 0 aliphatic carbocycles. The van der Waals surface area contributed by atoms with E-state index >= 15 is 0 Å². The molecule has 2 aromatic carbocycles. The third-order valence-corrected chi connectivity index (χ3v) is 6.41. The molecule has 0 saturated carbocycles. The first kappa shape index (κ1) is 22.0. The summed E-state index contributed by atoms with van der Waals surface area (Å²) in [6.45, 7) is 4.09. The van der Waals surface area contributed by atoms with Crippen LogP contribution in [0.4, 0.5) is 0 Å². The smallest absolute Gasteiger partial charge is 0.261 e. The van der Waals surface area contributed by atoms with Gasteiger partial charge < -0.3 is 14.8 Å². The SMILES string of the molecule is COc1ccc(C2(CNC(=O)CCn3cnc4c(C)cccc4c3=O)CCOCC2)cc1. The third-order valence-electron chi connectivity index (χ3n) is 6.41. The number of rotatable bonds is 7. The van der Waals surface area contributed by atoms with Crippen molar-refractivity contribution in [2.24, 2.45) is 0 Å². The Morgan fingerprint density at radius 1 is 1.19 bits per heavy atom. The molecule has 168 valence electrons. The van der Waals surface area contributed by atoms with Crippen LogP contribution in [0.3, 0.4) is 0 Å². The predicted octanol–water partition coefficient (Wildman–Crippen LogP) is 2.97. The minimum absolute atomic E-state index is 0.0828. The van der Waals surface area contributed by atoms with Gasteiger partial charge in [0.25, 0.3) is 5.56 Å². The van der Waals surface area contributed by atoms with Gasteiger partial charge in [0.1, 0.15) is 5.75 Å². The second-order valence-electron chi connectivity index (χ2n) is 8.36. The van der Waals surface area contributed by atoms with Crippen LogP contribution in [0.1, 0.15) is 30.4 Å². The molecule has 1 aliphatic rings. The molecule has 0 spiro atoms. The number of hydrogen-bond acceptors (Lipinski definition) is 5. The van der Waals surface area contributed by atoms with Crippen molar-refractivity contribution >= 4 is 16.8 Å². The summed E-state index contributed by atoms with van der Waals surface area (Å²) in [5.74, 6) is 0.727. The van der Waals surface area contributed by atoms with E-state index in [0.29, 0.717) is 37.2 Å². The topological polar surface area (TPSA) is 82.5 Å². The van der Waals surface area contributed by atoms with Crippen LogP contribution in [-0.4, -0.2) is 42.3 Å². The predicted molar refractivity (Wildman–Crippen MR) is 123 cm³/mol. The Hall–Kier alpha value is -3.19. The average molecular weight is 436 g/mol. The number of nitrogens with zero attached hydrogens (tertiary/aromatic N) is 2. The second kappa shape index (κ2) is 9.53. The summed E-state index contributed by atoms with van der Waals surface area (Å²) < 4.78 is 12.4. The molecular formula is C25H29N3O4. The van der Waals surface area contributed by atoms with Crippen LogP contribution in [0.25, 0.3) is 10.9 Å². The van der Waals surface area contributed by atoms with E-state index in [4.69, 9.17) is 9.47 Å². The summed E-state index contributed by atoms with van der Waals surface area (Å²) in [6.07, 6.45) is 3.43. The van der Waals surface area contributed by atoms with Gasteiger partial charge in [0.05, 0.1) is 24.3 Å². The normalized spacial score (nSPS) is 15.4. The van der Waals surface area contributed by atoms with Gasteiger partial charge in [0.15, 0.2) is 0 Å². The van der Waals surface area contributed by atoms with Gasteiger partial charge in [-0.2, -0.15) is 0 Å². The maximum absolute atomic E-state index is 12.8. The number of fused-ring (bicyclic) bond motifs is 1. The molecule has 0 bridgehead atoms. The van der Waals surface area contributed by atoms with Crippen LogP contribution in [0.5, 0.6) is 5.75 Å². The van der Waals surface area contributed by atoms with E-state index in [-0.39, 0.29) is 23.3 Å². The molecule has 1 aromatic heterocycles. The van der Waals surface area contributed by atoms with Crippen LogP contribution < -0.4 is 15.6 Å². The van der Waals surface area contributed by atoms with E-state index in [1.807, 2.05) is 31.2 Å². The Morgan fingerprint density at radius 2 is 1.94 bits per heavy atom. The van der Waals surface area contributed by atoms with Crippen molar-refractivity contribution in [1.82, 2.24) is 14.9 Å². The number of aryl methyl sites for hydroxylation is 2. The highest BCUT2D eigenvalue weighted by Crippen LogP contribution is 2.35. The van der Waals surface area contributed by atoms with Gasteiger partial charge in [-0.15, -0.1) is 0 Å². The number of nitrogens with one attached hydrogen (secondary N) is 1. The Balaban J connectivity index is 1.42. The molecule has 7 nitrogen and oxygen atoms in total. The zero-order chi connectivity index (χ0) is 22.6. The zero-order valence-electron chi connectivity index (χ0n) is 18.6. The lowest BCUT2D eigenvalue weighted by Gasteiger charge is -2.38. The van der Waals surface area contributed by atoms with Crippen LogP contribution in [0.2, 0.25) is 0 Å². The van der Waals surface area contributed by atoms with Crippen molar-refractivity contribution < 1.29 is 14.3 Å². The highest BCUT2D eigenvalue weighted by Gasteiger charge is 2.34. The van der Waals surface area contributed by atoms with Crippen molar-refractivity contribution in [1.29, 1.82) is 0 Å². The summed E-state index contributed by atoms with van der Waals surface area (Å²) >= 11 is 0. The molecule has 1 aliphatic heterocycles. The van der Waals surface area contributed by atoms with Gasteiger partial charge >= 0.3 is 0 Å². The number of methoxy groups -OCH3 is 1. The lowest BCUT2D eigenvalue weighted by molar-refractivity contribution is -0.121. The number of benzene rings is 2. The van der Waals surface area contributed by atoms with Gasteiger partial charge in [-0.1, -0.05) is 24.3 Å². The van der Waals surface area contributed by atoms with E-state index in [1.54, 1.807) is 13.2 Å². The lowest BCUT2D eigenvalue weighted by atomic mass is 9.74. The molecule has 3 aromatic rings. The van der Waals surface area contributed by atoms with Gasteiger partial charge in [-0.05, 0) is 49.1 Å². The van der Waals surface area contributed by atoms with E-state index in [0.717, 1.165) is 24.2 Å². The number of para-hydroxylation sites is 1. The fourth-order valence-electron chi connectivity index (χ4n) is 4.35. The van der Waals surface area contributed by atoms with Crippen LogP contribution in [0.15, 0.2) is 53.6 Å². The van der Waals surface area contributed by atoms with E-state index < -0.39 is 0 Å². The highest BCUT2D eigenvalue weighted by molar-refractivity contribution is 5.80. The van der Waals surface area contributed by atoms with E-state index in [9.17, 15) is 9.59 Å². The van der Waals surface area contributed by atoms with Gasteiger partial charge in [0.2, 0.25) is 5.91 Å². The van der Waals surface area contributed by atoms with Gasteiger partial charge in [-0.3, -0.25) is 14.2 Å². The van der Waals surface area contributed by atoms with Crippen molar-refractivity contribution in [3.8, 4) is 5.75 Å². The molecular weight excluding hydrogens is 406 g/mol. The zero-order valence-corrected chi connectivity index (χ0v) is 18.6. The second-order valence-corrected chi connectivity index (χ2v) is 8.36. The van der Waals surface area contributed by atoms with Crippen molar-refractivity contribution in [2.45, 2.75) is 38.1 Å². The molecule has 32 heavy (non-hydrogen) atoms. The summed E-state index contributed by atoms with van der Waals surface area (Å²) in [5.41, 5.74) is 2.56. The fraction of sp³-hybridized carbons (Fsp3) is 0.400. The van der Waals surface area contributed by atoms with Crippen LogP contribution in [-0.2, 0) is 21.5 Å². The van der Waals surface area contributed by atoms with Crippen molar-refractivity contribution in [3.63, 3.8) is 0 Å². The average Bonchev–Trinajstić information content (AvgIpc) is 2.83. The summed E-state index contributed by atoms with van der Waals surface area (Å²) in [6, 6.07) is 13.6. The van der Waals surface area contributed by atoms with Crippen LogP contribution in [0, 0.1) is 6.92 Å². The Labute approximate surface area is 187 Å². The van der Waals surface area contributed by atoms with Crippen LogP contribution >= 0.6 is 0 Å². The quantitative estimate of drug-likeness (QED) is 0.617. The van der Waals surface area contributed by atoms with Crippen molar-refractivity contribution in [2.75, 3.05) is 26.9 Å². The van der Waals surface area contributed by atoms with Gasteiger partial charge in [0, 0.05) is 38.1 Å². The first-order valence-electron chi connectivity index (χ1n) is 11.0. The largest absolute Gasteiger partial charge is 0.497 e. The molecule has 4 rings (SSSR count). The maximum atomic E-state index is 12.8. The standard InChI is InChI=1S/C25H29N3O4/c1-18-4-3-5-21-23(18)27-17-28(24(21)30)13-10-22(29)26-16-25(11-14-32-15-12-25)19-6-8-20(31-2)9-7-19/h3-9,17H,10-16H2,1-2H3,(H,26,29). The minimum Gasteiger partial charge on any atom is -0.497 e. The Kier molecular flexibility index (Phi) is 6.55. The number of aromatic nitrogens is 2. The molecule has 7 heteroatoms. The molecule has 0 atom stereocenters. The summed E-state index contributed by atoms with van der Waals surface area (Å²) in [5, 5.41) is 3.67. The highest BCUT2D eigenvalue weighted by atomic mass is 16.5. The lowest BCUT2D eigenvalue weighted by Crippen LogP contribution is -2.44. The summed E-state index contributed by atoms with van der Waals surface area (Å²) in [4.78, 5) is 29.8. The number of amides is 1. The number of carbonyl (C=O) groups excluding carboxylic acids is 1. The third kappa shape index (κ3) is 4.53.